The zero-order valence-corrected chi connectivity index (χ0v) is 22.1. The molecule has 0 bridgehead atoms. The minimum atomic E-state index is -1.10. The molecule has 2 atom stereocenters. The summed E-state index contributed by atoms with van der Waals surface area (Å²) in [5, 5.41) is 14.7. The molecule has 0 unspecified atom stereocenters. The quantitative estimate of drug-likeness (QED) is 0.255. The van der Waals surface area contributed by atoms with Crippen LogP contribution < -0.4 is 16.0 Å². The van der Waals surface area contributed by atoms with Gasteiger partial charge < -0.3 is 20.1 Å². The van der Waals surface area contributed by atoms with Crippen molar-refractivity contribution in [2.75, 3.05) is 11.9 Å². The summed E-state index contributed by atoms with van der Waals surface area (Å²) in [6.45, 7) is 3.73. The van der Waals surface area contributed by atoms with Crippen LogP contribution in [0.15, 0.2) is 60.7 Å². The summed E-state index contributed by atoms with van der Waals surface area (Å²) >= 11 is 6.09. The average molecular weight is 544 g/mol. The van der Waals surface area contributed by atoms with Crippen molar-refractivity contribution in [2.45, 2.75) is 39.1 Å². The van der Waals surface area contributed by atoms with Gasteiger partial charge in [0.05, 0.1) is 13.2 Å². The first-order valence-corrected chi connectivity index (χ1v) is 12.8. The number of benzene rings is 2. The Morgan fingerprint density at radius 1 is 0.946 bits per heavy atom. The number of hydrogen-bond donors (Lipinski definition) is 4. The van der Waals surface area contributed by atoms with Crippen molar-refractivity contribution in [3.05, 3.63) is 75.7 Å². The van der Waals surface area contributed by atoms with E-state index in [0.717, 1.165) is 22.5 Å². The molecule has 0 fully saturated rings. The molecule has 0 aliphatic rings. The maximum atomic E-state index is 13.2. The van der Waals surface area contributed by atoms with E-state index in [4.69, 9.17) is 21.7 Å². The molecule has 4 N–H and O–H groups in total. The molecule has 3 aromatic rings. The first-order valence-electron chi connectivity index (χ1n) is 11.6. The number of carbonyl (C=O) groups is 3. The molecule has 0 aliphatic carbocycles. The van der Waals surface area contributed by atoms with Crippen LogP contribution in [0.4, 0.5) is 9.93 Å². The van der Waals surface area contributed by atoms with Gasteiger partial charge in [0.25, 0.3) is 0 Å². The van der Waals surface area contributed by atoms with Crippen LogP contribution in [-0.4, -0.2) is 46.8 Å². The number of hydrogen-bond acceptors (Lipinski definition) is 8. The highest BCUT2D eigenvalue weighted by molar-refractivity contribution is 7.73. The van der Waals surface area contributed by atoms with Crippen LogP contribution in [0.25, 0.3) is 0 Å². The first-order chi connectivity index (χ1) is 17.8. The second-order valence-electron chi connectivity index (χ2n) is 8.40. The standard InChI is InChI=1S/C25H29N5O5S2/c1-16(2)20(22(32)28-23-29-30-25(36)37-23)27-21(31)19(15-34-13-17-9-5-3-6-10-17)26-24(33)35-14-18-11-7-4-8-12-18/h3-12,16,19-20H,13-15H2,1-2H3,(H,26,33)(H,27,31)(H,30,36)(H,28,29,32)/t19-,20-/m0/s1. The Labute approximate surface area is 223 Å². The van der Waals surface area contributed by atoms with Crippen LogP contribution in [0.5, 0.6) is 0 Å². The van der Waals surface area contributed by atoms with Crippen LogP contribution >= 0.6 is 23.6 Å². The van der Waals surface area contributed by atoms with Crippen LogP contribution in [0, 0.1) is 9.87 Å². The van der Waals surface area contributed by atoms with Crippen molar-refractivity contribution in [2.24, 2.45) is 5.92 Å². The second kappa shape index (κ2) is 14.2. The maximum absolute atomic E-state index is 13.2. The van der Waals surface area contributed by atoms with E-state index in [1.807, 2.05) is 60.7 Å². The fourth-order valence-corrected chi connectivity index (χ4v) is 4.01. The van der Waals surface area contributed by atoms with Crippen molar-refractivity contribution in [1.82, 2.24) is 20.8 Å². The lowest BCUT2D eigenvalue weighted by atomic mass is 10.0. The summed E-state index contributed by atoms with van der Waals surface area (Å²) in [6, 6.07) is 16.6. The van der Waals surface area contributed by atoms with Gasteiger partial charge in [0, 0.05) is 0 Å². The third-order valence-electron chi connectivity index (χ3n) is 5.13. The number of carbonyl (C=O) groups excluding carboxylic acids is 3. The highest BCUT2D eigenvalue weighted by atomic mass is 32.1. The number of nitrogens with zero attached hydrogens (tertiary/aromatic N) is 1. The van der Waals surface area contributed by atoms with Crippen LogP contribution in [0.1, 0.15) is 25.0 Å². The van der Waals surface area contributed by atoms with Gasteiger partial charge in [-0.25, -0.2) is 4.79 Å². The number of H-pyrrole nitrogens is 1. The Kier molecular flexibility index (Phi) is 10.7. The lowest BCUT2D eigenvalue weighted by molar-refractivity contribution is -0.129. The molecular formula is C25H29N5O5S2. The predicted molar refractivity (Wildman–Crippen MR) is 142 cm³/mol. The Bertz CT molecular complexity index is 1220. The highest BCUT2D eigenvalue weighted by Crippen LogP contribution is 2.13. The van der Waals surface area contributed by atoms with E-state index in [-0.39, 0.29) is 25.7 Å². The topological polar surface area (TPSA) is 134 Å². The van der Waals surface area contributed by atoms with Gasteiger partial charge in [-0.05, 0) is 29.3 Å². The first kappa shape index (κ1) is 28.0. The Hall–Kier alpha value is -3.61. The van der Waals surface area contributed by atoms with Gasteiger partial charge in [-0.2, -0.15) is 0 Å². The zero-order chi connectivity index (χ0) is 26.6. The molecule has 37 heavy (non-hydrogen) atoms. The van der Waals surface area contributed by atoms with E-state index in [0.29, 0.717) is 9.09 Å². The Morgan fingerprint density at radius 3 is 2.14 bits per heavy atom. The smallest absolute Gasteiger partial charge is 0.408 e. The monoisotopic (exact) mass is 543 g/mol. The van der Waals surface area contributed by atoms with Gasteiger partial charge in [0.15, 0.2) is 3.95 Å². The van der Waals surface area contributed by atoms with Gasteiger partial charge in [0.1, 0.15) is 18.7 Å². The molecule has 10 nitrogen and oxygen atoms in total. The van der Waals surface area contributed by atoms with Gasteiger partial charge >= 0.3 is 6.09 Å². The highest BCUT2D eigenvalue weighted by Gasteiger charge is 2.30. The summed E-state index contributed by atoms with van der Waals surface area (Å²) < 4.78 is 11.4. The maximum Gasteiger partial charge on any atom is 0.408 e. The minimum absolute atomic E-state index is 0.0403. The van der Waals surface area contributed by atoms with Crippen LogP contribution in [0.2, 0.25) is 0 Å². The second-order valence-corrected chi connectivity index (χ2v) is 10.1. The SMILES string of the molecule is CC(C)[C@H](NC(=O)[C@H](COCc1ccccc1)NC(=O)OCc1ccccc1)C(=O)Nc1n[nH]c(=S)s1. The van der Waals surface area contributed by atoms with E-state index in [1.165, 1.54) is 0 Å². The molecule has 1 aromatic heterocycles. The van der Waals surface area contributed by atoms with E-state index in [9.17, 15) is 14.4 Å². The number of aromatic amines is 1. The Morgan fingerprint density at radius 2 is 1.57 bits per heavy atom. The number of aromatic nitrogens is 2. The van der Waals surface area contributed by atoms with Gasteiger partial charge in [-0.3, -0.25) is 20.0 Å². The fraction of sp³-hybridized carbons (Fsp3) is 0.320. The van der Waals surface area contributed by atoms with E-state index in [1.54, 1.807) is 13.8 Å². The lowest BCUT2D eigenvalue weighted by Gasteiger charge is -2.24. The Balaban J connectivity index is 1.64. The predicted octanol–water partition coefficient (Wildman–Crippen LogP) is 3.79. The number of nitrogens with one attached hydrogen (secondary N) is 4. The van der Waals surface area contributed by atoms with Gasteiger partial charge in [-0.1, -0.05) is 85.8 Å². The third-order valence-corrected chi connectivity index (χ3v) is 6.14. The molecule has 0 aliphatic heterocycles. The van der Waals surface area contributed by atoms with Crippen LogP contribution in [-0.2, 0) is 32.3 Å². The van der Waals surface area contributed by atoms with Gasteiger partial charge in [0.2, 0.25) is 16.9 Å². The van der Waals surface area contributed by atoms with Crippen molar-refractivity contribution >= 4 is 46.6 Å². The molecule has 196 valence electrons. The molecule has 1 heterocycles. The normalized spacial score (nSPS) is 12.4. The third kappa shape index (κ3) is 9.41. The molecule has 3 rings (SSSR count). The minimum Gasteiger partial charge on any atom is -0.445 e. The van der Waals surface area contributed by atoms with Crippen LogP contribution in [0.3, 0.4) is 0 Å². The number of alkyl carbamates (subject to hydrolysis) is 1. The fourth-order valence-electron chi connectivity index (χ4n) is 3.21. The molecule has 12 heteroatoms. The summed E-state index contributed by atoms with van der Waals surface area (Å²) in [7, 11) is 0. The number of ether oxygens (including phenoxy) is 2. The summed E-state index contributed by atoms with van der Waals surface area (Å²) in [6.07, 6.45) is -0.783. The van der Waals surface area contributed by atoms with Gasteiger partial charge in [-0.15, -0.1) is 5.10 Å². The largest absolute Gasteiger partial charge is 0.445 e. The molecule has 0 spiro atoms. The van der Waals surface area contributed by atoms with E-state index in [2.05, 4.69) is 26.1 Å². The number of amides is 3. The zero-order valence-electron chi connectivity index (χ0n) is 20.4. The molecule has 3 amide bonds. The van der Waals surface area contributed by atoms with Crippen molar-refractivity contribution in [3.8, 4) is 0 Å². The van der Waals surface area contributed by atoms with E-state index >= 15 is 0 Å². The van der Waals surface area contributed by atoms with Crippen molar-refractivity contribution < 1.29 is 23.9 Å². The molecule has 2 aromatic carbocycles. The summed E-state index contributed by atoms with van der Waals surface area (Å²) in [5.41, 5.74) is 1.71. The van der Waals surface area contributed by atoms with Crippen molar-refractivity contribution in [3.63, 3.8) is 0 Å². The van der Waals surface area contributed by atoms with Crippen molar-refractivity contribution in [1.29, 1.82) is 0 Å². The molecular weight excluding hydrogens is 514 g/mol. The molecule has 0 saturated heterocycles. The molecule has 0 saturated carbocycles. The number of rotatable bonds is 12. The van der Waals surface area contributed by atoms with E-state index < -0.39 is 30.0 Å². The average Bonchev–Trinajstić information content (AvgIpc) is 3.30. The summed E-state index contributed by atoms with van der Waals surface area (Å²) in [4.78, 5) is 38.5. The summed E-state index contributed by atoms with van der Waals surface area (Å²) in [5.74, 6) is -1.31. The molecule has 0 radical (unpaired) electrons. The lowest BCUT2D eigenvalue weighted by Crippen LogP contribution is -2.55. The number of anilines is 1.